The number of aromatic hydroxyl groups is 4. The molecule has 4 aromatic carbocycles. The Morgan fingerprint density at radius 2 is 1.04 bits per heavy atom. The molecule has 4 aromatic rings. The fourth-order valence-corrected chi connectivity index (χ4v) is 7.92. The van der Waals surface area contributed by atoms with Gasteiger partial charge in [-0.2, -0.15) is 0 Å². The summed E-state index contributed by atoms with van der Waals surface area (Å²) in [5.74, 6) is -1.02. The predicted molar refractivity (Wildman–Crippen MR) is 212 cm³/mol. The maximum atomic E-state index is 13.4. The Morgan fingerprint density at radius 3 is 1.52 bits per heavy atom. The van der Waals surface area contributed by atoms with E-state index in [9.17, 15) is 37.8 Å². The van der Waals surface area contributed by atoms with Gasteiger partial charge in [-0.1, -0.05) is 18.2 Å². The number of carbonyl (C=O) groups is 1. The molecule has 4 rings (SSSR count). The highest BCUT2D eigenvalue weighted by atomic mass is 32.2. The van der Waals surface area contributed by atoms with E-state index in [2.05, 4.69) is 0 Å². The molecule has 0 spiro atoms. The third-order valence-electron chi connectivity index (χ3n) is 7.54. The largest absolute Gasteiger partial charge is 0.504 e. The zero-order valence-corrected chi connectivity index (χ0v) is 32.0. The molecule has 0 radical (unpaired) electrons. The Labute approximate surface area is 319 Å². The van der Waals surface area contributed by atoms with Gasteiger partial charge in [-0.05, 0) is 101 Å². The van der Waals surface area contributed by atoms with Gasteiger partial charge in [0.15, 0.2) is 51.8 Å². The normalized spacial score (nSPS) is 13.6. The number of methoxy groups -OCH3 is 4. The lowest BCUT2D eigenvalue weighted by molar-refractivity contribution is -0.112. The SMILES string of the molecule is COc1ccc(/C=C\S(=O)CS(=O)/C=C/c2cc(O)c(OC)c(C(=CC(=O)CS(=O)/C=C/c3ccc(OC)c(O)c3)c3ccc(OC)c(O)c3)c2)cc1O. The predicted octanol–water partition coefficient (Wildman–Crippen LogP) is 6.06. The minimum Gasteiger partial charge on any atom is -0.504 e. The van der Waals surface area contributed by atoms with Crippen molar-refractivity contribution in [1.82, 2.24) is 0 Å². The number of phenols is 4. The van der Waals surface area contributed by atoms with E-state index in [-0.39, 0.29) is 62.2 Å². The Morgan fingerprint density at radius 1 is 0.574 bits per heavy atom. The molecule has 0 heterocycles. The number of phenolic OH excluding ortho intramolecular Hbond substituents is 4. The van der Waals surface area contributed by atoms with Gasteiger partial charge >= 0.3 is 0 Å². The summed E-state index contributed by atoms with van der Waals surface area (Å²) in [7, 11) is 0.403. The number of benzene rings is 4. The third-order valence-corrected chi connectivity index (χ3v) is 11.3. The van der Waals surface area contributed by atoms with Crippen LogP contribution in [0.15, 0.2) is 89.0 Å². The molecule has 3 unspecified atom stereocenters. The first-order valence-corrected chi connectivity index (χ1v) is 19.9. The summed E-state index contributed by atoms with van der Waals surface area (Å²) >= 11 is 0. The third kappa shape index (κ3) is 11.2. The molecule has 3 atom stereocenters. The first kappa shape index (κ1) is 41.1. The van der Waals surface area contributed by atoms with E-state index in [0.29, 0.717) is 22.3 Å². The number of rotatable bonds is 17. The molecule has 0 aromatic heterocycles. The summed E-state index contributed by atoms with van der Waals surface area (Å²) in [6, 6.07) is 16.6. The Balaban J connectivity index is 1.61. The fourth-order valence-electron chi connectivity index (χ4n) is 4.99. The second-order valence-corrected chi connectivity index (χ2v) is 15.5. The number of carbonyl (C=O) groups excluding carboxylic acids is 1. The van der Waals surface area contributed by atoms with Crippen molar-refractivity contribution in [3.05, 3.63) is 117 Å². The highest BCUT2D eigenvalue weighted by Gasteiger charge is 2.19. The zero-order valence-electron chi connectivity index (χ0n) is 29.6. The van der Waals surface area contributed by atoms with Crippen molar-refractivity contribution in [2.75, 3.05) is 39.3 Å². The van der Waals surface area contributed by atoms with E-state index in [4.69, 9.17) is 18.9 Å². The zero-order chi connectivity index (χ0) is 39.4. The van der Waals surface area contributed by atoms with Gasteiger partial charge in [0.05, 0.1) is 66.6 Å². The molecule has 0 saturated heterocycles. The number of ether oxygens (including phenoxy) is 4. The van der Waals surface area contributed by atoms with E-state index in [1.165, 1.54) is 99.3 Å². The van der Waals surface area contributed by atoms with Crippen molar-refractivity contribution in [1.29, 1.82) is 0 Å². The van der Waals surface area contributed by atoms with Gasteiger partial charge in [0.25, 0.3) is 0 Å². The van der Waals surface area contributed by atoms with Crippen molar-refractivity contribution in [3.63, 3.8) is 0 Å². The van der Waals surface area contributed by atoms with Crippen LogP contribution in [-0.2, 0) is 37.2 Å². The highest BCUT2D eigenvalue weighted by molar-refractivity contribution is 8.04. The molecular formula is C39H38O12S3. The quantitative estimate of drug-likeness (QED) is 0.0908. The summed E-state index contributed by atoms with van der Waals surface area (Å²) in [6.45, 7) is 0. The maximum absolute atomic E-state index is 13.4. The summed E-state index contributed by atoms with van der Waals surface area (Å²) < 4.78 is 59.1. The number of ketones is 1. The topological polar surface area (TPSA) is 186 Å². The number of hydrogen-bond acceptors (Lipinski definition) is 12. The van der Waals surface area contributed by atoms with Gasteiger partial charge in [-0.15, -0.1) is 0 Å². The van der Waals surface area contributed by atoms with Crippen LogP contribution in [0.2, 0.25) is 0 Å². The molecular weight excluding hydrogens is 757 g/mol. The molecule has 0 aliphatic rings. The van der Waals surface area contributed by atoms with Crippen LogP contribution in [0.25, 0.3) is 23.8 Å². The van der Waals surface area contributed by atoms with Crippen LogP contribution in [0.3, 0.4) is 0 Å². The van der Waals surface area contributed by atoms with Crippen molar-refractivity contribution < 1.29 is 56.8 Å². The molecule has 0 bridgehead atoms. The van der Waals surface area contributed by atoms with E-state index < -0.39 is 43.9 Å². The van der Waals surface area contributed by atoms with Gasteiger partial charge in [0.1, 0.15) is 5.08 Å². The van der Waals surface area contributed by atoms with E-state index in [1.807, 2.05) is 0 Å². The van der Waals surface area contributed by atoms with Crippen LogP contribution in [0, 0.1) is 0 Å². The van der Waals surface area contributed by atoms with Crippen LogP contribution < -0.4 is 18.9 Å². The van der Waals surface area contributed by atoms with Crippen molar-refractivity contribution in [3.8, 4) is 46.0 Å². The molecule has 12 nitrogen and oxygen atoms in total. The fraction of sp³-hybridized carbons (Fsp3) is 0.154. The minimum absolute atomic E-state index is 0.0150. The van der Waals surface area contributed by atoms with Crippen LogP contribution in [-0.4, -0.2) is 78.1 Å². The minimum atomic E-state index is -1.78. The van der Waals surface area contributed by atoms with Crippen LogP contribution in [0.5, 0.6) is 46.0 Å². The van der Waals surface area contributed by atoms with Gasteiger partial charge in [-0.3, -0.25) is 17.4 Å². The van der Waals surface area contributed by atoms with E-state index in [0.717, 1.165) is 0 Å². The smallest absolute Gasteiger partial charge is 0.169 e. The first-order valence-electron chi connectivity index (χ1n) is 15.8. The average molecular weight is 795 g/mol. The summed E-state index contributed by atoms with van der Waals surface area (Å²) in [6.07, 6.45) is 5.68. The van der Waals surface area contributed by atoms with E-state index in [1.54, 1.807) is 36.4 Å². The molecule has 0 saturated carbocycles. The number of hydrogen-bond donors (Lipinski definition) is 4. The molecule has 15 heteroatoms. The molecule has 4 N–H and O–H groups in total. The summed E-state index contributed by atoms with van der Waals surface area (Å²) in [4.78, 5) is 13.4. The Bertz CT molecular complexity index is 2210. The van der Waals surface area contributed by atoms with Crippen LogP contribution >= 0.6 is 0 Å². The lowest BCUT2D eigenvalue weighted by atomic mass is 9.93. The lowest BCUT2D eigenvalue weighted by Gasteiger charge is -2.16. The molecule has 284 valence electrons. The van der Waals surface area contributed by atoms with Crippen molar-refractivity contribution in [2.24, 2.45) is 0 Å². The van der Waals surface area contributed by atoms with Crippen LogP contribution in [0.1, 0.15) is 27.8 Å². The maximum Gasteiger partial charge on any atom is 0.169 e. The second kappa shape index (κ2) is 19.4. The van der Waals surface area contributed by atoms with Gasteiger partial charge in [0, 0.05) is 21.8 Å². The first-order chi connectivity index (χ1) is 25.8. The molecule has 0 amide bonds. The van der Waals surface area contributed by atoms with Crippen LogP contribution in [0.4, 0.5) is 0 Å². The summed E-state index contributed by atoms with van der Waals surface area (Å²) in [5.41, 5.74) is 2.17. The average Bonchev–Trinajstić information content (AvgIpc) is 3.14. The van der Waals surface area contributed by atoms with Gasteiger partial charge < -0.3 is 39.4 Å². The Kier molecular flexibility index (Phi) is 14.8. The molecule has 54 heavy (non-hydrogen) atoms. The standard InChI is InChI=1S/C39H38O12S3/c1-48-36-8-5-25(18-32(36)41)11-14-52(45)23-29(40)22-30(28-7-10-38(50-3)34(43)21-28)31-17-27(20-35(44)39(31)51-4)13-16-54(47)24-53(46)15-12-26-6-9-37(49-2)33(42)19-26/h5-22,41-44H,23-24H2,1-4H3/b14-11+,15-12-,16-13+,30-22?. The van der Waals surface area contributed by atoms with Gasteiger partial charge in [0.2, 0.25) is 0 Å². The molecule has 0 aliphatic heterocycles. The number of allylic oxidation sites excluding steroid dienone is 1. The van der Waals surface area contributed by atoms with E-state index >= 15 is 0 Å². The monoisotopic (exact) mass is 794 g/mol. The Hall–Kier alpha value is -5.64. The molecule has 0 aliphatic carbocycles. The second-order valence-electron chi connectivity index (χ2n) is 11.2. The summed E-state index contributed by atoms with van der Waals surface area (Å²) in [5, 5.41) is 45.3. The van der Waals surface area contributed by atoms with Crippen molar-refractivity contribution in [2.45, 2.75) is 0 Å². The highest BCUT2D eigenvalue weighted by Crippen LogP contribution is 2.41. The molecule has 0 fully saturated rings. The lowest BCUT2D eigenvalue weighted by Crippen LogP contribution is -2.07. The van der Waals surface area contributed by atoms with Gasteiger partial charge in [-0.25, -0.2) is 0 Å². The van der Waals surface area contributed by atoms with Crippen molar-refractivity contribution >= 4 is 62.0 Å².